The van der Waals surface area contributed by atoms with Gasteiger partial charge in [0.05, 0.1) is 7.11 Å². The van der Waals surface area contributed by atoms with Gasteiger partial charge in [0.25, 0.3) is 0 Å². The maximum absolute atomic E-state index is 10.9. The van der Waals surface area contributed by atoms with E-state index in [0.717, 1.165) is 44.9 Å². The van der Waals surface area contributed by atoms with Gasteiger partial charge in [0.15, 0.2) is 0 Å². The molecule has 0 heterocycles. The summed E-state index contributed by atoms with van der Waals surface area (Å²) >= 11 is 0. The Bertz CT molecular complexity index is 476. The van der Waals surface area contributed by atoms with Crippen LogP contribution < -0.4 is 0 Å². The SMILES string of the molecule is CC/C=C\C/C=C/C/C=C/C/C=C/C/C=C/C/C=C\CCC(=O)OC. The van der Waals surface area contributed by atoms with Crippen molar-refractivity contribution in [3.05, 3.63) is 72.9 Å². The lowest BCUT2D eigenvalue weighted by Crippen LogP contribution is -1.97. The van der Waals surface area contributed by atoms with Crippen molar-refractivity contribution in [1.82, 2.24) is 0 Å². The standard InChI is InChI=1S/C23H34O2/c1-3-4-5-6-7-8-9-10-11-12-13-14-15-16-17-18-19-20-21-22-23(24)25-2/h4-5,7-8,10-11,13-14,16-17,19-20H,3,6,9,12,15,18,21-22H2,1-2H3/b5-4-,8-7+,11-10+,14-13+,17-16+,20-19-. The fraction of sp³-hybridized carbons (Fsp3) is 0.435. The molecule has 0 spiro atoms. The maximum atomic E-state index is 10.9. The van der Waals surface area contributed by atoms with Crippen LogP contribution in [0.4, 0.5) is 0 Å². The molecule has 2 nitrogen and oxygen atoms in total. The van der Waals surface area contributed by atoms with Crippen LogP contribution in [-0.4, -0.2) is 13.1 Å². The van der Waals surface area contributed by atoms with E-state index in [-0.39, 0.29) is 5.97 Å². The molecule has 2 heteroatoms. The molecule has 0 radical (unpaired) electrons. The lowest BCUT2D eigenvalue weighted by atomic mass is 10.2. The van der Waals surface area contributed by atoms with Gasteiger partial charge in [-0.15, -0.1) is 0 Å². The second kappa shape index (κ2) is 20.0. The second-order valence-corrected chi connectivity index (χ2v) is 5.53. The van der Waals surface area contributed by atoms with E-state index in [4.69, 9.17) is 0 Å². The van der Waals surface area contributed by atoms with Crippen LogP contribution in [0.15, 0.2) is 72.9 Å². The Morgan fingerprint density at radius 1 is 0.640 bits per heavy atom. The predicted molar refractivity (Wildman–Crippen MR) is 109 cm³/mol. The van der Waals surface area contributed by atoms with Crippen molar-refractivity contribution in [2.45, 2.75) is 58.3 Å². The molecule has 0 amide bonds. The molecule has 0 aromatic rings. The second-order valence-electron chi connectivity index (χ2n) is 5.53. The number of methoxy groups -OCH3 is 1. The van der Waals surface area contributed by atoms with E-state index in [1.165, 1.54) is 7.11 Å². The third kappa shape index (κ3) is 19.9. The minimum atomic E-state index is -0.153. The smallest absolute Gasteiger partial charge is 0.305 e. The van der Waals surface area contributed by atoms with Crippen LogP contribution in [0.2, 0.25) is 0 Å². The molecule has 138 valence electrons. The van der Waals surface area contributed by atoms with Crippen molar-refractivity contribution < 1.29 is 9.53 Å². The first-order chi connectivity index (χ1) is 12.3. The highest BCUT2D eigenvalue weighted by molar-refractivity contribution is 5.69. The van der Waals surface area contributed by atoms with E-state index in [0.29, 0.717) is 6.42 Å². The van der Waals surface area contributed by atoms with Crippen LogP contribution >= 0.6 is 0 Å². The molecular weight excluding hydrogens is 308 g/mol. The lowest BCUT2D eigenvalue weighted by molar-refractivity contribution is -0.140. The summed E-state index contributed by atoms with van der Waals surface area (Å²) in [5.74, 6) is -0.153. The lowest BCUT2D eigenvalue weighted by Gasteiger charge is -1.93. The van der Waals surface area contributed by atoms with Gasteiger partial charge in [-0.3, -0.25) is 4.79 Å². The number of carbonyl (C=O) groups excluding carboxylic acids is 1. The number of esters is 1. The molecule has 0 fully saturated rings. The summed E-state index contributed by atoms with van der Waals surface area (Å²) in [6.07, 6.45) is 33.3. The summed E-state index contributed by atoms with van der Waals surface area (Å²) < 4.78 is 4.58. The van der Waals surface area contributed by atoms with E-state index >= 15 is 0 Å². The number of rotatable bonds is 14. The summed E-state index contributed by atoms with van der Waals surface area (Å²) in [6.45, 7) is 2.15. The molecular formula is C23H34O2. The Labute approximate surface area is 154 Å². The molecule has 0 unspecified atom stereocenters. The van der Waals surface area contributed by atoms with Gasteiger partial charge in [-0.1, -0.05) is 79.8 Å². The Hall–Kier alpha value is -2.09. The van der Waals surface area contributed by atoms with Crippen LogP contribution in [0.1, 0.15) is 58.3 Å². The Kier molecular flexibility index (Phi) is 18.3. The summed E-state index contributed by atoms with van der Waals surface area (Å²) in [6, 6.07) is 0. The molecule has 0 bridgehead atoms. The quantitative estimate of drug-likeness (QED) is 0.261. The average Bonchev–Trinajstić information content (AvgIpc) is 2.63. The molecule has 25 heavy (non-hydrogen) atoms. The minimum absolute atomic E-state index is 0.153. The highest BCUT2D eigenvalue weighted by Gasteiger charge is 1.94. The molecule has 0 aromatic carbocycles. The molecule has 0 saturated heterocycles. The zero-order valence-electron chi connectivity index (χ0n) is 15.9. The highest BCUT2D eigenvalue weighted by atomic mass is 16.5. The highest BCUT2D eigenvalue weighted by Crippen LogP contribution is 1.98. The Balaban J connectivity index is 3.53. The van der Waals surface area contributed by atoms with Crippen LogP contribution in [0, 0.1) is 0 Å². The fourth-order valence-electron chi connectivity index (χ4n) is 1.94. The summed E-state index contributed by atoms with van der Waals surface area (Å²) in [4.78, 5) is 10.9. The largest absolute Gasteiger partial charge is 0.469 e. The third-order valence-electron chi connectivity index (χ3n) is 3.34. The van der Waals surface area contributed by atoms with Crippen molar-refractivity contribution in [2.24, 2.45) is 0 Å². The van der Waals surface area contributed by atoms with Crippen LogP contribution in [0.3, 0.4) is 0 Å². The molecule has 0 atom stereocenters. The monoisotopic (exact) mass is 342 g/mol. The van der Waals surface area contributed by atoms with Gasteiger partial charge >= 0.3 is 5.97 Å². The third-order valence-corrected chi connectivity index (χ3v) is 3.34. The number of ether oxygens (including phenoxy) is 1. The van der Waals surface area contributed by atoms with Crippen LogP contribution in [0.5, 0.6) is 0 Å². The van der Waals surface area contributed by atoms with Crippen LogP contribution in [0.25, 0.3) is 0 Å². The number of hydrogen-bond acceptors (Lipinski definition) is 2. The van der Waals surface area contributed by atoms with Gasteiger partial charge in [-0.05, 0) is 44.9 Å². The van der Waals surface area contributed by atoms with E-state index in [2.05, 4.69) is 78.5 Å². The first kappa shape index (κ1) is 22.9. The fourth-order valence-corrected chi connectivity index (χ4v) is 1.94. The maximum Gasteiger partial charge on any atom is 0.305 e. The van der Waals surface area contributed by atoms with Gasteiger partial charge in [-0.25, -0.2) is 0 Å². The number of carbonyl (C=O) groups is 1. The summed E-state index contributed by atoms with van der Waals surface area (Å²) in [7, 11) is 1.42. The number of hydrogen-bond donors (Lipinski definition) is 0. The van der Waals surface area contributed by atoms with Crippen molar-refractivity contribution in [1.29, 1.82) is 0 Å². The molecule has 0 aliphatic rings. The molecule has 0 saturated carbocycles. The van der Waals surface area contributed by atoms with Crippen molar-refractivity contribution >= 4 is 5.97 Å². The van der Waals surface area contributed by atoms with Crippen molar-refractivity contribution in [2.75, 3.05) is 7.11 Å². The van der Waals surface area contributed by atoms with Gasteiger partial charge in [0, 0.05) is 6.42 Å². The zero-order valence-corrected chi connectivity index (χ0v) is 15.9. The van der Waals surface area contributed by atoms with E-state index in [1.807, 2.05) is 6.08 Å². The zero-order chi connectivity index (χ0) is 18.4. The van der Waals surface area contributed by atoms with Gasteiger partial charge < -0.3 is 4.74 Å². The van der Waals surface area contributed by atoms with Gasteiger partial charge in [-0.2, -0.15) is 0 Å². The van der Waals surface area contributed by atoms with E-state index in [1.54, 1.807) is 0 Å². The van der Waals surface area contributed by atoms with Gasteiger partial charge in [0.1, 0.15) is 0 Å². The number of allylic oxidation sites excluding steroid dienone is 12. The first-order valence-electron chi connectivity index (χ1n) is 9.28. The van der Waals surface area contributed by atoms with Gasteiger partial charge in [0.2, 0.25) is 0 Å². The molecule has 0 aliphatic heterocycles. The minimum Gasteiger partial charge on any atom is -0.469 e. The van der Waals surface area contributed by atoms with E-state index in [9.17, 15) is 4.79 Å². The normalized spacial score (nSPS) is 12.9. The van der Waals surface area contributed by atoms with Crippen molar-refractivity contribution in [3.8, 4) is 0 Å². The van der Waals surface area contributed by atoms with Crippen molar-refractivity contribution in [3.63, 3.8) is 0 Å². The molecule has 0 N–H and O–H groups in total. The topological polar surface area (TPSA) is 26.3 Å². The predicted octanol–water partition coefficient (Wildman–Crippen LogP) is 6.64. The first-order valence-corrected chi connectivity index (χ1v) is 9.28. The van der Waals surface area contributed by atoms with E-state index < -0.39 is 0 Å². The summed E-state index contributed by atoms with van der Waals surface area (Å²) in [5, 5.41) is 0. The van der Waals surface area contributed by atoms with Crippen LogP contribution in [-0.2, 0) is 9.53 Å². The molecule has 0 rings (SSSR count). The average molecular weight is 343 g/mol. The summed E-state index contributed by atoms with van der Waals surface area (Å²) in [5.41, 5.74) is 0. The Morgan fingerprint density at radius 2 is 1.00 bits per heavy atom. The molecule has 0 aromatic heterocycles. The molecule has 0 aliphatic carbocycles. The Morgan fingerprint density at radius 3 is 1.36 bits per heavy atom.